The molecule has 0 aliphatic heterocycles. The topological polar surface area (TPSA) is 92.7 Å². The number of ether oxygens (including phenoxy) is 1. The summed E-state index contributed by atoms with van der Waals surface area (Å²) in [5.74, 6) is -0.931. The van der Waals surface area contributed by atoms with Crippen molar-refractivity contribution in [2.24, 2.45) is 0 Å². The second-order valence-electron chi connectivity index (χ2n) is 6.77. The minimum absolute atomic E-state index is 0.270. The molecule has 0 aromatic heterocycles. The number of hydrogen-bond donors (Lipinski definition) is 2. The predicted octanol–water partition coefficient (Wildman–Crippen LogP) is 3.07. The number of carbonyl (C=O) groups excluding carboxylic acids is 1. The molecule has 0 amide bonds. The van der Waals surface area contributed by atoms with Crippen LogP contribution in [0.1, 0.15) is 77.6 Å². The maximum Gasteiger partial charge on any atom is 0.306 e. The number of carbonyl (C=O) groups is 1. The fourth-order valence-corrected chi connectivity index (χ4v) is 3.75. The van der Waals surface area contributed by atoms with Gasteiger partial charge in [0, 0.05) is 19.0 Å². The summed E-state index contributed by atoms with van der Waals surface area (Å²) in [6.45, 7) is 2.40. The van der Waals surface area contributed by atoms with Crippen molar-refractivity contribution < 1.29 is 22.5 Å². The quantitative estimate of drug-likeness (QED) is 0.314. The number of rotatable bonds is 12. The van der Waals surface area contributed by atoms with E-state index in [2.05, 4.69) is 12.2 Å². The van der Waals surface area contributed by atoms with Gasteiger partial charge >= 0.3 is 5.97 Å². The van der Waals surface area contributed by atoms with Crippen LogP contribution in [0.2, 0.25) is 0 Å². The van der Waals surface area contributed by atoms with Crippen molar-refractivity contribution in [3.63, 3.8) is 0 Å². The molecule has 1 unspecified atom stereocenters. The molecule has 0 heterocycles. The Kier molecular flexibility index (Phi) is 10.5. The van der Waals surface area contributed by atoms with E-state index in [1.54, 1.807) is 0 Å². The molecule has 6 nitrogen and oxygen atoms in total. The maximum atomic E-state index is 11.9. The molecule has 0 saturated heterocycles. The maximum absolute atomic E-state index is 11.9. The van der Waals surface area contributed by atoms with E-state index in [4.69, 9.17) is 9.29 Å². The minimum Gasteiger partial charge on any atom is -0.460 e. The summed E-state index contributed by atoms with van der Waals surface area (Å²) in [5, 5.41) is 3.28. The molecule has 0 radical (unpaired) electrons. The number of nitrogens with one attached hydrogen (secondary N) is 1. The van der Waals surface area contributed by atoms with Crippen LogP contribution >= 0.6 is 0 Å². The molecule has 1 fully saturated rings. The zero-order valence-electron chi connectivity index (χ0n) is 14.8. The lowest BCUT2D eigenvalue weighted by molar-refractivity contribution is -0.148. The average molecular weight is 364 g/mol. The third-order valence-electron chi connectivity index (χ3n) is 4.42. The van der Waals surface area contributed by atoms with Gasteiger partial charge < -0.3 is 10.1 Å². The van der Waals surface area contributed by atoms with Gasteiger partial charge in [0.2, 0.25) is 0 Å². The first kappa shape index (κ1) is 21.4. The Bertz CT molecular complexity index is 446. The van der Waals surface area contributed by atoms with Gasteiger partial charge in [0.25, 0.3) is 10.1 Å². The molecule has 0 aromatic rings. The molecule has 1 rings (SSSR count). The van der Waals surface area contributed by atoms with E-state index in [9.17, 15) is 13.2 Å². The summed E-state index contributed by atoms with van der Waals surface area (Å²) in [7, 11) is -4.17. The first-order chi connectivity index (χ1) is 11.4. The Morgan fingerprint density at radius 2 is 1.83 bits per heavy atom. The Labute approximate surface area is 146 Å². The van der Waals surface area contributed by atoms with Gasteiger partial charge in [-0.05, 0) is 19.3 Å². The lowest BCUT2D eigenvalue weighted by atomic mass is 9.95. The van der Waals surface area contributed by atoms with Crippen molar-refractivity contribution in [1.29, 1.82) is 0 Å². The summed E-state index contributed by atoms with van der Waals surface area (Å²) < 4.78 is 36.6. The highest BCUT2D eigenvalue weighted by molar-refractivity contribution is 7.85. The first-order valence-corrected chi connectivity index (χ1v) is 10.9. The standard InChI is InChI=1S/C17H33NO5S/c1-2-3-4-5-9-12-17(19)23-16(14-24(20,21)22)13-18-15-10-7-6-8-11-15/h15-16,18H,2-14H2,1H3,(H,20,21,22). The van der Waals surface area contributed by atoms with E-state index in [0.717, 1.165) is 57.8 Å². The van der Waals surface area contributed by atoms with Crippen molar-refractivity contribution in [2.75, 3.05) is 12.3 Å². The molecule has 0 bridgehead atoms. The lowest BCUT2D eigenvalue weighted by Crippen LogP contribution is -2.41. The highest BCUT2D eigenvalue weighted by Crippen LogP contribution is 2.17. The van der Waals surface area contributed by atoms with Gasteiger partial charge in [0.15, 0.2) is 0 Å². The molecule has 7 heteroatoms. The third kappa shape index (κ3) is 11.0. The Morgan fingerprint density at radius 1 is 1.17 bits per heavy atom. The summed E-state index contributed by atoms with van der Waals surface area (Å²) in [6.07, 6.45) is 10.3. The van der Waals surface area contributed by atoms with Crippen molar-refractivity contribution in [2.45, 2.75) is 89.7 Å². The average Bonchev–Trinajstić information content (AvgIpc) is 2.52. The smallest absolute Gasteiger partial charge is 0.306 e. The van der Waals surface area contributed by atoms with Gasteiger partial charge in [-0.2, -0.15) is 8.42 Å². The Hall–Kier alpha value is -0.660. The van der Waals surface area contributed by atoms with Gasteiger partial charge in [0.1, 0.15) is 11.9 Å². The normalized spacial score (nSPS) is 17.6. The molecular formula is C17H33NO5S. The van der Waals surface area contributed by atoms with Gasteiger partial charge in [-0.25, -0.2) is 0 Å². The van der Waals surface area contributed by atoms with Crippen LogP contribution in [0, 0.1) is 0 Å². The highest BCUT2D eigenvalue weighted by atomic mass is 32.2. The fourth-order valence-electron chi connectivity index (χ4n) is 3.09. The van der Waals surface area contributed by atoms with E-state index < -0.39 is 22.0 Å². The molecule has 1 aliphatic rings. The van der Waals surface area contributed by atoms with Gasteiger partial charge in [-0.3, -0.25) is 9.35 Å². The Morgan fingerprint density at radius 3 is 2.46 bits per heavy atom. The van der Waals surface area contributed by atoms with Gasteiger partial charge in [0.05, 0.1) is 0 Å². The van der Waals surface area contributed by atoms with Crippen LogP contribution in [0.3, 0.4) is 0 Å². The molecule has 2 N–H and O–H groups in total. The number of unbranched alkanes of at least 4 members (excludes halogenated alkanes) is 4. The zero-order valence-corrected chi connectivity index (χ0v) is 15.7. The second kappa shape index (κ2) is 11.8. The van der Waals surface area contributed by atoms with E-state index in [0.29, 0.717) is 12.5 Å². The van der Waals surface area contributed by atoms with E-state index >= 15 is 0 Å². The third-order valence-corrected chi connectivity index (χ3v) is 5.21. The van der Waals surface area contributed by atoms with Gasteiger partial charge in [-0.15, -0.1) is 0 Å². The van der Waals surface area contributed by atoms with Crippen LogP contribution in [0.4, 0.5) is 0 Å². The predicted molar refractivity (Wildman–Crippen MR) is 94.5 cm³/mol. The van der Waals surface area contributed by atoms with Crippen molar-refractivity contribution >= 4 is 16.1 Å². The highest BCUT2D eigenvalue weighted by Gasteiger charge is 2.23. The van der Waals surface area contributed by atoms with Crippen LogP contribution in [0.15, 0.2) is 0 Å². The Balaban J connectivity index is 2.35. The molecule has 1 atom stereocenters. The molecule has 1 saturated carbocycles. The minimum atomic E-state index is -4.17. The summed E-state index contributed by atoms with van der Waals surface area (Å²) in [5.41, 5.74) is 0. The molecule has 0 spiro atoms. The first-order valence-electron chi connectivity index (χ1n) is 9.28. The summed E-state index contributed by atoms with van der Waals surface area (Å²) in [4.78, 5) is 11.9. The van der Waals surface area contributed by atoms with Gasteiger partial charge in [-0.1, -0.05) is 51.9 Å². The molecule has 142 valence electrons. The van der Waals surface area contributed by atoms with Crippen LogP contribution in [0.5, 0.6) is 0 Å². The molecule has 24 heavy (non-hydrogen) atoms. The van der Waals surface area contributed by atoms with Crippen LogP contribution in [-0.2, 0) is 19.6 Å². The lowest BCUT2D eigenvalue weighted by Gasteiger charge is -2.25. The van der Waals surface area contributed by atoms with Crippen molar-refractivity contribution in [3.8, 4) is 0 Å². The summed E-state index contributed by atoms with van der Waals surface area (Å²) in [6, 6.07) is 0.343. The van der Waals surface area contributed by atoms with E-state index in [1.807, 2.05) is 0 Å². The second-order valence-corrected chi connectivity index (χ2v) is 8.27. The van der Waals surface area contributed by atoms with Crippen LogP contribution in [0.25, 0.3) is 0 Å². The fraction of sp³-hybridized carbons (Fsp3) is 0.941. The number of esters is 1. The largest absolute Gasteiger partial charge is 0.460 e. The van der Waals surface area contributed by atoms with Crippen molar-refractivity contribution in [3.05, 3.63) is 0 Å². The zero-order chi connectivity index (χ0) is 17.8. The molecule has 1 aliphatic carbocycles. The van der Waals surface area contributed by atoms with Crippen LogP contribution < -0.4 is 5.32 Å². The van der Waals surface area contributed by atoms with Crippen LogP contribution in [-0.4, -0.2) is 43.4 Å². The van der Waals surface area contributed by atoms with E-state index in [1.165, 1.54) is 6.42 Å². The summed E-state index contributed by atoms with van der Waals surface area (Å²) >= 11 is 0. The van der Waals surface area contributed by atoms with Crippen molar-refractivity contribution in [1.82, 2.24) is 5.32 Å². The van der Waals surface area contributed by atoms with E-state index in [-0.39, 0.29) is 12.5 Å². The number of hydrogen-bond acceptors (Lipinski definition) is 5. The molecule has 0 aromatic carbocycles. The molecular weight excluding hydrogens is 330 g/mol. The SMILES string of the molecule is CCCCCCCC(=O)OC(CNC1CCCCC1)CS(=O)(=O)O. The monoisotopic (exact) mass is 363 g/mol.